The number of aryl methyl sites for hydroxylation is 2. The Balaban J connectivity index is 1.41. The first-order valence-corrected chi connectivity index (χ1v) is 10.5. The van der Waals surface area contributed by atoms with Gasteiger partial charge in [0.1, 0.15) is 18.9 Å². The van der Waals surface area contributed by atoms with Gasteiger partial charge in [0, 0.05) is 11.6 Å². The van der Waals surface area contributed by atoms with Gasteiger partial charge in [-0.15, -0.1) is 0 Å². The fourth-order valence-electron chi connectivity index (χ4n) is 3.72. The van der Waals surface area contributed by atoms with Gasteiger partial charge in [-0.3, -0.25) is 9.59 Å². The third-order valence-corrected chi connectivity index (χ3v) is 5.11. The van der Waals surface area contributed by atoms with E-state index >= 15 is 0 Å². The van der Waals surface area contributed by atoms with Crippen LogP contribution < -0.4 is 15.6 Å². The number of nitrogens with zero attached hydrogens (tertiary/aromatic N) is 2. The quantitative estimate of drug-likeness (QED) is 0.455. The van der Waals surface area contributed by atoms with Crippen molar-refractivity contribution in [3.05, 3.63) is 94.3 Å². The van der Waals surface area contributed by atoms with E-state index in [-0.39, 0.29) is 18.0 Å². The van der Waals surface area contributed by atoms with Crippen molar-refractivity contribution < 1.29 is 9.53 Å². The lowest BCUT2D eigenvalue weighted by molar-refractivity contribution is -0.122. The normalized spacial score (nSPS) is 10.8. The standard InChI is InChI=1S/C26H25N3O3/c1-18-14-19(2)16-21(15-18)32-13-12-27-25(30)17-29-26(31)11-10-24(28-29)23-9-5-7-20-6-3-4-8-22(20)23/h3-11,14-16H,12-13,17H2,1-2H3,(H,27,30). The van der Waals surface area contributed by atoms with E-state index in [1.807, 2.05) is 68.4 Å². The van der Waals surface area contributed by atoms with Crippen LogP contribution in [0.4, 0.5) is 0 Å². The summed E-state index contributed by atoms with van der Waals surface area (Å²) in [7, 11) is 0. The molecule has 1 N–H and O–H groups in total. The number of carbonyl (C=O) groups is 1. The Morgan fingerprint density at radius 2 is 1.72 bits per heavy atom. The molecule has 0 aliphatic rings. The van der Waals surface area contributed by atoms with Crippen LogP contribution in [0.15, 0.2) is 77.6 Å². The van der Waals surface area contributed by atoms with Crippen molar-refractivity contribution in [2.24, 2.45) is 0 Å². The number of hydrogen-bond donors (Lipinski definition) is 1. The minimum atomic E-state index is -0.323. The maximum absolute atomic E-state index is 12.4. The van der Waals surface area contributed by atoms with Crippen LogP contribution in [-0.2, 0) is 11.3 Å². The van der Waals surface area contributed by atoms with E-state index < -0.39 is 0 Å². The molecule has 0 unspecified atom stereocenters. The lowest BCUT2D eigenvalue weighted by Crippen LogP contribution is -2.35. The number of aromatic nitrogens is 2. The summed E-state index contributed by atoms with van der Waals surface area (Å²) in [5, 5.41) is 9.35. The van der Waals surface area contributed by atoms with Gasteiger partial charge in [0.25, 0.3) is 5.56 Å². The smallest absolute Gasteiger partial charge is 0.267 e. The van der Waals surface area contributed by atoms with Crippen molar-refractivity contribution in [1.82, 2.24) is 15.1 Å². The third kappa shape index (κ3) is 5.03. The van der Waals surface area contributed by atoms with Crippen molar-refractivity contribution in [2.45, 2.75) is 20.4 Å². The van der Waals surface area contributed by atoms with Crippen LogP contribution in [-0.4, -0.2) is 28.8 Å². The van der Waals surface area contributed by atoms with E-state index in [0.29, 0.717) is 18.8 Å². The fraction of sp³-hybridized carbons (Fsp3) is 0.192. The first-order valence-electron chi connectivity index (χ1n) is 10.5. The fourth-order valence-corrected chi connectivity index (χ4v) is 3.72. The average molecular weight is 428 g/mol. The van der Waals surface area contributed by atoms with Gasteiger partial charge in [0.05, 0.1) is 12.2 Å². The molecule has 0 radical (unpaired) electrons. The highest BCUT2D eigenvalue weighted by Crippen LogP contribution is 2.26. The van der Waals surface area contributed by atoms with Gasteiger partial charge in [-0.05, 0) is 53.9 Å². The molecule has 0 atom stereocenters. The SMILES string of the molecule is Cc1cc(C)cc(OCCNC(=O)Cn2nc(-c3cccc4ccccc34)ccc2=O)c1. The Bertz CT molecular complexity index is 1300. The number of amides is 1. The monoisotopic (exact) mass is 427 g/mol. The zero-order chi connectivity index (χ0) is 22.5. The van der Waals surface area contributed by atoms with E-state index in [0.717, 1.165) is 33.2 Å². The molecule has 4 aromatic rings. The third-order valence-electron chi connectivity index (χ3n) is 5.11. The summed E-state index contributed by atoms with van der Waals surface area (Å²) < 4.78 is 6.90. The maximum atomic E-state index is 12.4. The largest absolute Gasteiger partial charge is 0.492 e. The molecule has 6 heteroatoms. The molecule has 0 bridgehead atoms. The van der Waals surface area contributed by atoms with Crippen LogP contribution in [0.25, 0.3) is 22.0 Å². The molecule has 0 aliphatic heterocycles. The Hall–Kier alpha value is -3.93. The summed E-state index contributed by atoms with van der Waals surface area (Å²) in [6.45, 7) is 4.55. The van der Waals surface area contributed by atoms with Gasteiger partial charge in [0.2, 0.25) is 5.91 Å². The first-order chi connectivity index (χ1) is 15.5. The van der Waals surface area contributed by atoms with E-state index in [1.54, 1.807) is 6.07 Å². The molecular formula is C26H25N3O3. The molecule has 162 valence electrons. The number of nitrogens with one attached hydrogen (secondary N) is 1. The van der Waals surface area contributed by atoms with Crippen molar-refractivity contribution >= 4 is 16.7 Å². The van der Waals surface area contributed by atoms with E-state index in [2.05, 4.69) is 16.5 Å². The Morgan fingerprint density at radius 1 is 0.969 bits per heavy atom. The molecule has 1 aromatic heterocycles. The highest BCUT2D eigenvalue weighted by molar-refractivity contribution is 5.95. The number of ether oxygens (including phenoxy) is 1. The molecule has 0 saturated carbocycles. The van der Waals surface area contributed by atoms with Gasteiger partial charge in [-0.2, -0.15) is 5.10 Å². The molecule has 32 heavy (non-hydrogen) atoms. The first kappa shape index (κ1) is 21.3. The zero-order valence-corrected chi connectivity index (χ0v) is 18.2. The highest BCUT2D eigenvalue weighted by atomic mass is 16.5. The zero-order valence-electron chi connectivity index (χ0n) is 18.2. The van der Waals surface area contributed by atoms with Crippen LogP contribution in [0.5, 0.6) is 5.75 Å². The van der Waals surface area contributed by atoms with Crippen LogP contribution >= 0.6 is 0 Å². The minimum absolute atomic E-state index is 0.152. The van der Waals surface area contributed by atoms with Crippen molar-refractivity contribution in [2.75, 3.05) is 13.2 Å². The highest BCUT2D eigenvalue weighted by Gasteiger charge is 2.10. The van der Waals surface area contributed by atoms with E-state index in [1.165, 1.54) is 10.7 Å². The summed E-state index contributed by atoms with van der Waals surface area (Å²) in [5.41, 5.74) is 3.49. The van der Waals surface area contributed by atoms with Crippen molar-refractivity contribution in [3.8, 4) is 17.0 Å². The summed E-state index contributed by atoms with van der Waals surface area (Å²) >= 11 is 0. The topological polar surface area (TPSA) is 73.2 Å². The van der Waals surface area contributed by atoms with Crippen LogP contribution in [0, 0.1) is 13.8 Å². The van der Waals surface area contributed by atoms with Crippen LogP contribution in [0.2, 0.25) is 0 Å². The number of rotatable bonds is 7. The Labute approximate surface area is 186 Å². The maximum Gasteiger partial charge on any atom is 0.267 e. The molecule has 4 rings (SSSR count). The van der Waals surface area contributed by atoms with Crippen molar-refractivity contribution in [1.29, 1.82) is 0 Å². The van der Waals surface area contributed by atoms with Crippen LogP contribution in [0.1, 0.15) is 11.1 Å². The molecule has 6 nitrogen and oxygen atoms in total. The Morgan fingerprint density at radius 3 is 2.53 bits per heavy atom. The van der Waals surface area contributed by atoms with Gasteiger partial charge < -0.3 is 10.1 Å². The second-order valence-electron chi connectivity index (χ2n) is 7.76. The summed E-state index contributed by atoms with van der Waals surface area (Å²) in [4.78, 5) is 24.7. The molecule has 3 aromatic carbocycles. The van der Waals surface area contributed by atoms with Gasteiger partial charge in [0.15, 0.2) is 0 Å². The number of fused-ring (bicyclic) bond motifs is 1. The number of benzene rings is 3. The van der Waals surface area contributed by atoms with E-state index in [4.69, 9.17) is 4.74 Å². The molecule has 0 aliphatic carbocycles. The average Bonchev–Trinajstić information content (AvgIpc) is 2.77. The molecule has 0 fully saturated rings. The number of hydrogen-bond acceptors (Lipinski definition) is 4. The minimum Gasteiger partial charge on any atom is -0.492 e. The van der Waals surface area contributed by atoms with Crippen LogP contribution in [0.3, 0.4) is 0 Å². The second-order valence-corrected chi connectivity index (χ2v) is 7.76. The van der Waals surface area contributed by atoms with Crippen molar-refractivity contribution in [3.63, 3.8) is 0 Å². The van der Waals surface area contributed by atoms with Gasteiger partial charge >= 0.3 is 0 Å². The predicted octanol–water partition coefficient (Wildman–Crippen LogP) is 3.88. The summed E-state index contributed by atoms with van der Waals surface area (Å²) in [5.74, 6) is 0.483. The number of carbonyl (C=O) groups excluding carboxylic acids is 1. The van der Waals surface area contributed by atoms with E-state index in [9.17, 15) is 9.59 Å². The molecule has 1 amide bonds. The summed E-state index contributed by atoms with van der Waals surface area (Å²) in [6, 6.07) is 23.1. The summed E-state index contributed by atoms with van der Waals surface area (Å²) in [6.07, 6.45) is 0. The predicted molar refractivity (Wildman–Crippen MR) is 126 cm³/mol. The molecule has 0 spiro atoms. The second kappa shape index (κ2) is 9.47. The van der Waals surface area contributed by atoms with Gasteiger partial charge in [-0.25, -0.2) is 4.68 Å². The van der Waals surface area contributed by atoms with Gasteiger partial charge in [-0.1, -0.05) is 48.5 Å². The molecule has 0 saturated heterocycles. The molecular weight excluding hydrogens is 402 g/mol. The lowest BCUT2D eigenvalue weighted by atomic mass is 10.0. The Kier molecular flexibility index (Phi) is 6.31. The molecule has 1 heterocycles. The lowest BCUT2D eigenvalue weighted by Gasteiger charge is -2.11.